The van der Waals surface area contributed by atoms with E-state index in [0.29, 0.717) is 13.3 Å². The molecule has 0 bridgehead atoms. The van der Waals surface area contributed by atoms with E-state index in [1.165, 1.54) is 4.88 Å². The van der Waals surface area contributed by atoms with E-state index in [1.807, 2.05) is 18.2 Å². The van der Waals surface area contributed by atoms with E-state index in [2.05, 4.69) is 34.5 Å². The van der Waals surface area contributed by atoms with E-state index >= 15 is 0 Å². The Morgan fingerprint density at radius 3 is 2.76 bits per heavy atom. The predicted octanol–water partition coefficient (Wildman–Crippen LogP) is 3.01. The van der Waals surface area contributed by atoms with Gasteiger partial charge in [-0.25, -0.2) is 4.98 Å². The van der Waals surface area contributed by atoms with Crippen LogP contribution < -0.4 is 20.1 Å². The van der Waals surface area contributed by atoms with Crippen molar-refractivity contribution in [3.05, 3.63) is 39.3 Å². The van der Waals surface area contributed by atoms with Gasteiger partial charge in [-0.2, -0.15) is 0 Å². The van der Waals surface area contributed by atoms with E-state index in [0.717, 1.165) is 46.7 Å². The molecule has 1 aliphatic heterocycles. The minimum absolute atomic E-state index is 0. The largest absolute Gasteiger partial charge is 0.454 e. The lowest BCUT2D eigenvalue weighted by Gasteiger charge is -2.11. The molecule has 136 valence electrons. The summed E-state index contributed by atoms with van der Waals surface area (Å²) in [6, 6.07) is 5.95. The highest BCUT2D eigenvalue weighted by Gasteiger charge is 2.13. The number of hydrogen-bond acceptors (Lipinski definition) is 5. The molecule has 2 aromatic rings. The molecule has 8 heteroatoms. The first-order valence-corrected chi connectivity index (χ1v) is 8.73. The summed E-state index contributed by atoms with van der Waals surface area (Å²) in [5, 5.41) is 7.78. The summed E-state index contributed by atoms with van der Waals surface area (Å²) in [5.41, 5.74) is 2.24. The second-order valence-corrected chi connectivity index (χ2v) is 6.83. The molecular weight excluding hydrogens is 451 g/mol. The first kappa shape index (κ1) is 19.8. The first-order valence-electron chi connectivity index (χ1n) is 7.91. The predicted molar refractivity (Wildman–Crippen MR) is 111 cm³/mol. The molecule has 0 atom stereocenters. The zero-order valence-corrected chi connectivity index (χ0v) is 17.7. The standard InChI is InChI=1S/C17H22N4O2S.HI/c1-11-12(2)24-16(21-11)6-7-19-17(18-3)20-9-13-4-5-14-15(8-13)23-10-22-14;/h4-5,8H,6-7,9-10H2,1-3H3,(H2,18,19,20);1H. The fourth-order valence-corrected chi connectivity index (χ4v) is 3.32. The summed E-state index contributed by atoms with van der Waals surface area (Å²) in [7, 11) is 1.77. The number of nitrogens with one attached hydrogen (secondary N) is 2. The van der Waals surface area contributed by atoms with Crippen LogP contribution in [-0.2, 0) is 13.0 Å². The Balaban J connectivity index is 0.00000225. The van der Waals surface area contributed by atoms with Crippen molar-refractivity contribution in [2.75, 3.05) is 20.4 Å². The second-order valence-electron chi connectivity index (χ2n) is 5.54. The number of aromatic nitrogens is 1. The molecule has 6 nitrogen and oxygen atoms in total. The maximum absolute atomic E-state index is 5.40. The lowest BCUT2D eigenvalue weighted by molar-refractivity contribution is 0.174. The van der Waals surface area contributed by atoms with Gasteiger partial charge in [0.25, 0.3) is 0 Å². The van der Waals surface area contributed by atoms with Crippen molar-refractivity contribution in [2.45, 2.75) is 26.8 Å². The van der Waals surface area contributed by atoms with Gasteiger partial charge in [0.1, 0.15) is 0 Å². The van der Waals surface area contributed by atoms with Crippen molar-refractivity contribution >= 4 is 41.3 Å². The van der Waals surface area contributed by atoms with E-state index < -0.39 is 0 Å². The third-order valence-electron chi connectivity index (χ3n) is 3.82. The molecule has 0 aliphatic carbocycles. The average Bonchev–Trinajstić information content (AvgIpc) is 3.16. The fourth-order valence-electron chi connectivity index (χ4n) is 2.39. The molecule has 1 aliphatic rings. The molecule has 25 heavy (non-hydrogen) atoms. The number of aliphatic imine (C=N–C) groups is 1. The topological polar surface area (TPSA) is 67.8 Å². The second kappa shape index (κ2) is 9.23. The monoisotopic (exact) mass is 474 g/mol. The highest BCUT2D eigenvalue weighted by atomic mass is 127. The normalized spacial score (nSPS) is 12.7. The van der Waals surface area contributed by atoms with Crippen LogP contribution in [0.15, 0.2) is 23.2 Å². The first-order chi connectivity index (χ1) is 11.7. The summed E-state index contributed by atoms with van der Waals surface area (Å²) < 4.78 is 10.7. The van der Waals surface area contributed by atoms with Crippen LogP contribution in [0.4, 0.5) is 0 Å². The van der Waals surface area contributed by atoms with Crippen LogP contribution in [0.5, 0.6) is 11.5 Å². The smallest absolute Gasteiger partial charge is 0.231 e. The number of fused-ring (bicyclic) bond motifs is 1. The molecule has 0 spiro atoms. The van der Waals surface area contributed by atoms with Gasteiger partial charge in [0, 0.05) is 31.4 Å². The number of rotatable bonds is 5. The van der Waals surface area contributed by atoms with Gasteiger partial charge in [0.15, 0.2) is 17.5 Å². The van der Waals surface area contributed by atoms with Crippen molar-refractivity contribution in [3.63, 3.8) is 0 Å². The molecule has 1 aromatic carbocycles. The summed E-state index contributed by atoms with van der Waals surface area (Å²) in [5.74, 6) is 2.37. The Labute approximate surface area is 169 Å². The van der Waals surface area contributed by atoms with Crippen LogP contribution in [0.2, 0.25) is 0 Å². The average molecular weight is 474 g/mol. The van der Waals surface area contributed by atoms with Crippen LogP contribution in [-0.4, -0.2) is 31.3 Å². The number of halogens is 1. The Hall–Kier alpha value is -1.55. The molecule has 2 N–H and O–H groups in total. The summed E-state index contributed by atoms with van der Waals surface area (Å²) in [6.07, 6.45) is 0.893. The molecule has 0 fully saturated rings. The Kier molecular flexibility index (Phi) is 7.30. The van der Waals surface area contributed by atoms with Crippen molar-refractivity contribution in [1.82, 2.24) is 15.6 Å². The van der Waals surface area contributed by atoms with Gasteiger partial charge in [-0.3, -0.25) is 4.99 Å². The van der Waals surface area contributed by atoms with Crippen molar-refractivity contribution in [1.29, 1.82) is 0 Å². The van der Waals surface area contributed by atoms with Gasteiger partial charge < -0.3 is 20.1 Å². The fraction of sp³-hybridized carbons (Fsp3) is 0.412. The van der Waals surface area contributed by atoms with Crippen molar-refractivity contribution < 1.29 is 9.47 Å². The zero-order valence-electron chi connectivity index (χ0n) is 14.6. The van der Waals surface area contributed by atoms with Gasteiger partial charge in [-0.05, 0) is 31.5 Å². The van der Waals surface area contributed by atoms with Crippen molar-refractivity contribution in [2.24, 2.45) is 4.99 Å². The molecule has 0 unspecified atom stereocenters. The quantitative estimate of drug-likeness (QED) is 0.396. The third kappa shape index (κ3) is 5.21. The minimum Gasteiger partial charge on any atom is -0.454 e. The van der Waals surface area contributed by atoms with E-state index in [4.69, 9.17) is 9.47 Å². The molecular formula is C17H23IN4O2S. The van der Waals surface area contributed by atoms with Gasteiger partial charge in [0.2, 0.25) is 6.79 Å². The number of benzene rings is 1. The van der Waals surface area contributed by atoms with E-state index in [-0.39, 0.29) is 24.0 Å². The molecule has 0 saturated heterocycles. The number of ether oxygens (including phenoxy) is 2. The van der Waals surface area contributed by atoms with Gasteiger partial charge >= 0.3 is 0 Å². The van der Waals surface area contributed by atoms with Crippen molar-refractivity contribution in [3.8, 4) is 11.5 Å². The Bertz CT molecular complexity index is 729. The highest BCUT2D eigenvalue weighted by Crippen LogP contribution is 2.32. The highest BCUT2D eigenvalue weighted by molar-refractivity contribution is 14.0. The summed E-state index contributed by atoms with van der Waals surface area (Å²) in [6.45, 7) is 5.93. The maximum Gasteiger partial charge on any atom is 0.231 e. The Morgan fingerprint density at radius 2 is 2.04 bits per heavy atom. The van der Waals surface area contributed by atoms with Crippen LogP contribution >= 0.6 is 35.3 Å². The van der Waals surface area contributed by atoms with Gasteiger partial charge in [0.05, 0.1) is 10.7 Å². The molecule has 2 heterocycles. The minimum atomic E-state index is 0. The lowest BCUT2D eigenvalue weighted by atomic mass is 10.2. The van der Waals surface area contributed by atoms with Crippen LogP contribution in [0.3, 0.4) is 0 Å². The van der Waals surface area contributed by atoms with Crippen LogP contribution in [0.25, 0.3) is 0 Å². The maximum atomic E-state index is 5.40. The third-order valence-corrected chi connectivity index (χ3v) is 4.96. The molecule has 0 amide bonds. The van der Waals surface area contributed by atoms with Crippen LogP contribution in [0.1, 0.15) is 21.1 Å². The number of guanidine groups is 1. The van der Waals surface area contributed by atoms with E-state index in [1.54, 1.807) is 18.4 Å². The molecule has 0 saturated carbocycles. The van der Waals surface area contributed by atoms with Gasteiger partial charge in [-0.15, -0.1) is 35.3 Å². The summed E-state index contributed by atoms with van der Waals surface area (Å²) in [4.78, 5) is 10.1. The lowest BCUT2D eigenvalue weighted by Crippen LogP contribution is -2.37. The van der Waals surface area contributed by atoms with E-state index in [9.17, 15) is 0 Å². The molecule has 0 radical (unpaired) electrons. The molecule has 3 rings (SSSR count). The number of aryl methyl sites for hydroxylation is 2. The number of nitrogens with zero attached hydrogens (tertiary/aromatic N) is 2. The SMILES string of the molecule is CN=C(NCCc1nc(C)c(C)s1)NCc1ccc2c(c1)OCO2.I. The number of thiazole rings is 1. The van der Waals surface area contributed by atoms with Crippen LogP contribution in [0, 0.1) is 13.8 Å². The number of hydrogen-bond donors (Lipinski definition) is 2. The summed E-state index contributed by atoms with van der Waals surface area (Å²) >= 11 is 1.76. The zero-order chi connectivity index (χ0) is 16.9. The molecule has 1 aromatic heterocycles. The van der Waals surface area contributed by atoms with Gasteiger partial charge in [-0.1, -0.05) is 6.07 Å². The Morgan fingerprint density at radius 1 is 1.24 bits per heavy atom.